The molecule has 0 amide bonds. The van der Waals surface area contributed by atoms with Gasteiger partial charge in [-0.2, -0.15) is 10.2 Å². The highest BCUT2D eigenvalue weighted by Gasteiger charge is 2.24. The summed E-state index contributed by atoms with van der Waals surface area (Å²) in [5.41, 5.74) is 1.18. The van der Waals surface area contributed by atoms with Gasteiger partial charge in [-0.3, -0.25) is 0 Å². The van der Waals surface area contributed by atoms with Crippen molar-refractivity contribution in [1.82, 2.24) is 4.98 Å². The van der Waals surface area contributed by atoms with Crippen molar-refractivity contribution in [2.24, 2.45) is 5.92 Å². The first kappa shape index (κ1) is 14.0. The van der Waals surface area contributed by atoms with E-state index in [0.717, 1.165) is 25.1 Å². The molecule has 1 saturated heterocycles. The van der Waals surface area contributed by atoms with Crippen molar-refractivity contribution in [3.05, 3.63) is 35.0 Å². The number of rotatable bonds is 2. The van der Waals surface area contributed by atoms with E-state index >= 15 is 0 Å². The van der Waals surface area contributed by atoms with Crippen LogP contribution >= 0.6 is 11.6 Å². The molecule has 0 spiro atoms. The summed E-state index contributed by atoms with van der Waals surface area (Å²) in [6.45, 7) is 4.03. The second-order valence-corrected chi connectivity index (χ2v) is 5.92. The highest BCUT2D eigenvalue weighted by atomic mass is 35.5. The highest BCUT2D eigenvalue weighted by Crippen LogP contribution is 2.31. The number of piperidine rings is 1. The topological polar surface area (TPSA) is 53.1 Å². The van der Waals surface area contributed by atoms with Crippen LogP contribution in [0.3, 0.4) is 0 Å². The van der Waals surface area contributed by atoms with Crippen molar-refractivity contribution in [2.45, 2.75) is 19.8 Å². The van der Waals surface area contributed by atoms with E-state index in [4.69, 9.17) is 16.0 Å². The molecular weight excluding hydrogens is 286 g/mol. The summed E-state index contributed by atoms with van der Waals surface area (Å²) in [4.78, 5) is 6.44. The zero-order chi connectivity index (χ0) is 14.8. The normalized spacial score (nSPS) is 18.5. The number of anilines is 1. The van der Waals surface area contributed by atoms with E-state index in [9.17, 15) is 5.26 Å². The maximum absolute atomic E-state index is 9.30. The fourth-order valence-electron chi connectivity index (χ4n) is 2.69. The average molecular weight is 302 g/mol. The summed E-state index contributed by atoms with van der Waals surface area (Å²) < 4.78 is 5.87. The summed E-state index contributed by atoms with van der Waals surface area (Å²) in [6, 6.07) is 9.40. The Bertz CT molecular complexity index is 672. The van der Waals surface area contributed by atoms with Gasteiger partial charge in [-0.05, 0) is 43.0 Å². The van der Waals surface area contributed by atoms with Gasteiger partial charge in [-0.15, -0.1) is 0 Å². The van der Waals surface area contributed by atoms with Crippen LogP contribution in [0.5, 0.6) is 0 Å². The van der Waals surface area contributed by atoms with E-state index in [0.29, 0.717) is 28.4 Å². The molecule has 1 atom stereocenters. The lowest BCUT2D eigenvalue weighted by molar-refractivity contribution is 0.422. The molecule has 1 aromatic heterocycles. The molecule has 4 nitrogen and oxygen atoms in total. The molecule has 0 radical (unpaired) electrons. The second-order valence-electron chi connectivity index (χ2n) is 5.48. The first-order valence-corrected chi connectivity index (χ1v) is 7.47. The fraction of sp³-hybridized carbons (Fsp3) is 0.375. The van der Waals surface area contributed by atoms with Gasteiger partial charge in [0, 0.05) is 23.7 Å². The van der Waals surface area contributed by atoms with E-state index < -0.39 is 0 Å². The van der Waals surface area contributed by atoms with Crippen LogP contribution in [0.1, 0.15) is 25.5 Å². The number of halogens is 1. The molecule has 1 fully saturated rings. The Morgan fingerprint density at radius 3 is 2.81 bits per heavy atom. The number of nitrogens with zero attached hydrogens (tertiary/aromatic N) is 3. The molecule has 1 aliphatic rings. The van der Waals surface area contributed by atoms with Crippen LogP contribution in [0, 0.1) is 17.2 Å². The lowest BCUT2D eigenvalue weighted by atomic mass is 10.0. The monoisotopic (exact) mass is 301 g/mol. The summed E-state index contributed by atoms with van der Waals surface area (Å²) in [5, 5.41) is 9.96. The molecule has 3 rings (SSSR count). The Hall–Kier alpha value is -1.99. The third-order valence-corrected chi connectivity index (χ3v) is 4.00. The van der Waals surface area contributed by atoms with E-state index in [1.165, 1.54) is 6.42 Å². The Balaban J connectivity index is 1.95. The van der Waals surface area contributed by atoms with Crippen LogP contribution in [-0.4, -0.2) is 18.1 Å². The molecule has 21 heavy (non-hydrogen) atoms. The van der Waals surface area contributed by atoms with Gasteiger partial charge in [0.05, 0.1) is 0 Å². The number of aromatic nitrogens is 1. The number of hydrogen-bond donors (Lipinski definition) is 0. The first-order chi connectivity index (χ1) is 10.2. The van der Waals surface area contributed by atoms with Crippen LogP contribution < -0.4 is 4.90 Å². The Kier molecular flexibility index (Phi) is 3.85. The van der Waals surface area contributed by atoms with Crippen molar-refractivity contribution >= 4 is 17.5 Å². The molecule has 108 valence electrons. The van der Waals surface area contributed by atoms with Crippen LogP contribution in [0.4, 0.5) is 5.88 Å². The van der Waals surface area contributed by atoms with Crippen LogP contribution in [0.25, 0.3) is 11.5 Å². The molecular formula is C16H16ClN3O. The summed E-state index contributed by atoms with van der Waals surface area (Å²) in [5.74, 6) is 1.67. The summed E-state index contributed by atoms with van der Waals surface area (Å²) in [6.07, 6.45) is 2.33. The van der Waals surface area contributed by atoms with Crippen molar-refractivity contribution in [1.29, 1.82) is 5.26 Å². The van der Waals surface area contributed by atoms with E-state index in [1.54, 1.807) is 12.1 Å². The lowest BCUT2D eigenvalue weighted by Crippen LogP contribution is -2.34. The third-order valence-electron chi connectivity index (χ3n) is 3.75. The van der Waals surface area contributed by atoms with Crippen LogP contribution in [0.2, 0.25) is 5.02 Å². The van der Waals surface area contributed by atoms with E-state index in [2.05, 4.69) is 22.9 Å². The molecule has 0 N–H and O–H groups in total. The minimum Gasteiger partial charge on any atom is -0.419 e. The highest BCUT2D eigenvalue weighted by molar-refractivity contribution is 6.30. The molecule has 0 bridgehead atoms. The van der Waals surface area contributed by atoms with Gasteiger partial charge in [0.15, 0.2) is 0 Å². The molecule has 0 aliphatic carbocycles. The van der Waals surface area contributed by atoms with Gasteiger partial charge in [-0.25, -0.2) is 0 Å². The molecule has 2 aromatic rings. The fourth-order valence-corrected chi connectivity index (χ4v) is 2.82. The van der Waals surface area contributed by atoms with E-state index in [1.807, 2.05) is 12.1 Å². The SMILES string of the molecule is C[C@@H]1CCCN(c2oc(-c3ccc(Cl)cc3)nc2C#N)C1. The zero-order valence-corrected chi connectivity index (χ0v) is 12.6. The molecule has 5 heteroatoms. The maximum Gasteiger partial charge on any atom is 0.235 e. The molecule has 2 heterocycles. The van der Waals surface area contributed by atoms with Crippen LogP contribution in [-0.2, 0) is 0 Å². The summed E-state index contributed by atoms with van der Waals surface area (Å²) >= 11 is 5.89. The molecule has 0 saturated carbocycles. The summed E-state index contributed by atoms with van der Waals surface area (Å²) in [7, 11) is 0. The van der Waals surface area contributed by atoms with Gasteiger partial charge in [0.1, 0.15) is 6.07 Å². The Morgan fingerprint density at radius 2 is 2.14 bits per heavy atom. The van der Waals surface area contributed by atoms with Gasteiger partial charge in [0.25, 0.3) is 0 Å². The van der Waals surface area contributed by atoms with Crippen molar-refractivity contribution in [2.75, 3.05) is 18.0 Å². The van der Waals surface area contributed by atoms with Crippen molar-refractivity contribution in [3.8, 4) is 17.5 Å². The zero-order valence-electron chi connectivity index (χ0n) is 11.8. The Morgan fingerprint density at radius 1 is 1.38 bits per heavy atom. The predicted octanol–water partition coefficient (Wildman–Crippen LogP) is 4.10. The average Bonchev–Trinajstić information content (AvgIpc) is 2.92. The van der Waals surface area contributed by atoms with Gasteiger partial charge in [-0.1, -0.05) is 18.5 Å². The van der Waals surface area contributed by atoms with Gasteiger partial charge >= 0.3 is 0 Å². The standard InChI is InChI=1S/C16H16ClN3O/c1-11-3-2-8-20(10-11)16-14(9-18)19-15(21-16)12-4-6-13(17)7-5-12/h4-7,11H,2-3,8,10H2,1H3/t11-/m1/s1. The number of hydrogen-bond acceptors (Lipinski definition) is 4. The third kappa shape index (κ3) is 2.88. The minimum atomic E-state index is 0.356. The number of nitriles is 1. The minimum absolute atomic E-state index is 0.356. The van der Waals surface area contributed by atoms with Crippen LogP contribution in [0.15, 0.2) is 28.7 Å². The van der Waals surface area contributed by atoms with Gasteiger partial charge in [0.2, 0.25) is 17.5 Å². The predicted molar refractivity (Wildman–Crippen MR) is 82.3 cm³/mol. The second kappa shape index (κ2) is 5.79. The smallest absolute Gasteiger partial charge is 0.235 e. The first-order valence-electron chi connectivity index (χ1n) is 7.09. The van der Waals surface area contributed by atoms with Gasteiger partial charge < -0.3 is 9.32 Å². The van der Waals surface area contributed by atoms with Crippen molar-refractivity contribution < 1.29 is 4.42 Å². The van der Waals surface area contributed by atoms with Crippen molar-refractivity contribution in [3.63, 3.8) is 0 Å². The quantitative estimate of drug-likeness (QED) is 0.838. The molecule has 1 aromatic carbocycles. The molecule has 1 aliphatic heterocycles. The number of oxazole rings is 1. The Labute approximate surface area is 129 Å². The lowest BCUT2D eigenvalue weighted by Gasteiger charge is -2.30. The maximum atomic E-state index is 9.30. The number of benzene rings is 1. The largest absolute Gasteiger partial charge is 0.419 e. The molecule has 0 unspecified atom stereocenters. The van der Waals surface area contributed by atoms with E-state index in [-0.39, 0.29) is 0 Å².